The Hall–Kier alpha value is -2.77. The monoisotopic (exact) mass is 405 g/mol. The minimum Gasteiger partial charge on any atom is -0.444 e. The normalized spacial score (nSPS) is 11.6. The van der Waals surface area contributed by atoms with Gasteiger partial charge in [-0.15, -0.1) is 0 Å². The summed E-state index contributed by atoms with van der Waals surface area (Å²) >= 11 is 0. The van der Waals surface area contributed by atoms with E-state index in [0.29, 0.717) is 32.0 Å². The Labute approximate surface area is 173 Å². The van der Waals surface area contributed by atoms with Gasteiger partial charge >= 0.3 is 6.09 Å². The van der Waals surface area contributed by atoms with Gasteiger partial charge in [0.15, 0.2) is 5.96 Å². The third kappa shape index (κ3) is 11.6. The van der Waals surface area contributed by atoms with Gasteiger partial charge in [0.25, 0.3) is 0 Å². The molecular formula is C21H35N5O3. The number of aryl methyl sites for hydroxylation is 1. The van der Waals surface area contributed by atoms with E-state index in [4.69, 9.17) is 4.74 Å². The van der Waals surface area contributed by atoms with Crippen LogP contribution in [0.5, 0.6) is 0 Å². The number of guanidine groups is 1. The number of nitrogens with one attached hydrogen (secondary N) is 4. The van der Waals surface area contributed by atoms with Gasteiger partial charge in [-0.3, -0.25) is 4.79 Å². The van der Waals surface area contributed by atoms with Gasteiger partial charge in [0.1, 0.15) is 12.1 Å². The fourth-order valence-electron chi connectivity index (χ4n) is 2.36. The summed E-state index contributed by atoms with van der Waals surface area (Å²) in [6.07, 6.45) is 1.18. The Balaban J connectivity index is 2.38. The molecule has 1 aromatic rings. The van der Waals surface area contributed by atoms with Gasteiger partial charge in [0.2, 0.25) is 5.91 Å². The molecule has 0 aliphatic carbocycles. The topological polar surface area (TPSA) is 104 Å². The predicted molar refractivity (Wildman–Crippen MR) is 117 cm³/mol. The lowest BCUT2D eigenvalue weighted by atomic mass is 10.1. The van der Waals surface area contributed by atoms with Gasteiger partial charge in [-0.25, -0.2) is 9.79 Å². The molecule has 29 heavy (non-hydrogen) atoms. The fourth-order valence-corrected chi connectivity index (χ4v) is 2.36. The molecule has 0 saturated heterocycles. The van der Waals surface area contributed by atoms with Crippen LogP contribution in [0.25, 0.3) is 0 Å². The molecule has 0 radical (unpaired) electrons. The van der Waals surface area contributed by atoms with Crippen molar-refractivity contribution in [1.29, 1.82) is 0 Å². The molecule has 0 aromatic heterocycles. The summed E-state index contributed by atoms with van der Waals surface area (Å²) in [5.74, 6) is 0.379. The predicted octanol–water partition coefficient (Wildman–Crippen LogP) is 2.66. The van der Waals surface area contributed by atoms with E-state index in [1.165, 1.54) is 5.56 Å². The van der Waals surface area contributed by atoms with E-state index in [2.05, 4.69) is 33.2 Å². The van der Waals surface area contributed by atoms with Crippen molar-refractivity contribution >= 4 is 23.6 Å². The highest BCUT2D eigenvalue weighted by atomic mass is 16.6. The average molecular weight is 406 g/mol. The van der Waals surface area contributed by atoms with E-state index < -0.39 is 11.7 Å². The minimum atomic E-state index is -0.508. The van der Waals surface area contributed by atoms with Crippen LogP contribution in [-0.2, 0) is 16.0 Å². The number of carbonyl (C=O) groups excluding carboxylic acids is 2. The summed E-state index contributed by atoms with van der Waals surface area (Å²) in [6, 6.07) is 7.78. The molecule has 0 saturated carbocycles. The van der Waals surface area contributed by atoms with Crippen molar-refractivity contribution in [1.82, 2.24) is 16.0 Å². The molecule has 0 atom stereocenters. The molecule has 0 unspecified atom stereocenters. The first kappa shape index (κ1) is 24.3. The summed E-state index contributed by atoms with van der Waals surface area (Å²) < 4.78 is 5.18. The Morgan fingerprint density at radius 3 is 2.45 bits per heavy atom. The van der Waals surface area contributed by atoms with Crippen molar-refractivity contribution in [2.45, 2.75) is 53.1 Å². The van der Waals surface area contributed by atoms with Gasteiger partial charge in [-0.1, -0.05) is 19.1 Å². The second kappa shape index (κ2) is 12.6. The summed E-state index contributed by atoms with van der Waals surface area (Å²) in [4.78, 5) is 28.0. The number of hydrogen-bond donors (Lipinski definition) is 4. The Morgan fingerprint density at radius 2 is 1.79 bits per heavy atom. The second-order valence-electron chi connectivity index (χ2n) is 7.51. The number of hydrogen-bond acceptors (Lipinski definition) is 4. The molecule has 1 aromatic carbocycles. The zero-order valence-electron chi connectivity index (χ0n) is 18.2. The highest BCUT2D eigenvalue weighted by Crippen LogP contribution is 2.10. The lowest BCUT2D eigenvalue weighted by Gasteiger charge is -2.19. The number of carbonyl (C=O) groups is 2. The maximum Gasteiger partial charge on any atom is 0.407 e. The number of ether oxygens (including phenoxy) is 1. The van der Waals surface area contributed by atoms with Crippen LogP contribution in [0, 0.1) is 0 Å². The lowest BCUT2D eigenvalue weighted by Crippen LogP contribution is -2.39. The molecule has 8 heteroatoms. The van der Waals surface area contributed by atoms with Gasteiger partial charge in [-0.05, 0) is 58.2 Å². The first-order chi connectivity index (χ1) is 13.7. The first-order valence-corrected chi connectivity index (χ1v) is 10.1. The van der Waals surface area contributed by atoms with E-state index in [1.54, 1.807) is 0 Å². The van der Waals surface area contributed by atoms with E-state index in [0.717, 1.165) is 12.1 Å². The van der Waals surface area contributed by atoms with E-state index in [-0.39, 0.29) is 12.5 Å². The zero-order chi connectivity index (χ0) is 21.7. The fraction of sp³-hybridized carbons (Fsp3) is 0.571. The van der Waals surface area contributed by atoms with Gasteiger partial charge in [0, 0.05) is 25.3 Å². The largest absolute Gasteiger partial charge is 0.444 e. The maximum atomic E-state index is 12.2. The number of anilines is 1. The SMILES string of the molecule is CCNC(=NCC(=O)Nc1cccc(CC)c1)NCCCNC(=O)OC(C)(C)C. The van der Waals surface area contributed by atoms with Crippen molar-refractivity contribution in [3.8, 4) is 0 Å². The third-order valence-corrected chi connectivity index (χ3v) is 3.66. The molecule has 0 aliphatic rings. The molecule has 0 spiro atoms. The molecule has 162 valence electrons. The number of alkyl carbamates (subject to hydrolysis) is 1. The minimum absolute atomic E-state index is 0.0157. The maximum absolute atomic E-state index is 12.2. The van der Waals surface area contributed by atoms with Gasteiger partial charge in [0.05, 0.1) is 0 Å². The van der Waals surface area contributed by atoms with Crippen LogP contribution in [0.4, 0.5) is 10.5 Å². The Bertz CT molecular complexity index is 683. The molecule has 4 N–H and O–H groups in total. The zero-order valence-corrected chi connectivity index (χ0v) is 18.2. The molecule has 0 bridgehead atoms. The van der Waals surface area contributed by atoms with Crippen LogP contribution in [0.1, 0.15) is 46.6 Å². The van der Waals surface area contributed by atoms with Crippen molar-refractivity contribution in [2.24, 2.45) is 4.99 Å². The van der Waals surface area contributed by atoms with Crippen LogP contribution in [0.15, 0.2) is 29.3 Å². The highest BCUT2D eigenvalue weighted by molar-refractivity contribution is 5.94. The van der Waals surface area contributed by atoms with Crippen LogP contribution < -0.4 is 21.3 Å². The molecule has 1 rings (SSSR count). The highest BCUT2D eigenvalue weighted by Gasteiger charge is 2.15. The second-order valence-corrected chi connectivity index (χ2v) is 7.51. The van der Waals surface area contributed by atoms with Crippen LogP contribution in [0.2, 0.25) is 0 Å². The van der Waals surface area contributed by atoms with Crippen molar-refractivity contribution < 1.29 is 14.3 Å². The number of rotatable bonds is 9. The van der Waals surface area contributed by atoms with Crippen molar-refractivity contribution in [3.05, 3.63) is 29.8 Å². The van der Waals surface area contributed by atoms with E-state index >= 15 is 0 Å². The molecule has 8 nitrogen and oxygen atoms in total. The van der Waals surface area contributed by atoms with E-state index in [1.807, 2.05) is 52.0 Å². The van der Waals surface area contributed by atoms with E-state index in [9.17, 15) is 9.59 Å². The molecule has 0 heterocycles. The first-order valence-electron chi connectivity index (χ1n) is 10.1. The molecule has 0 fully saturated rings. The summed E-state index contributed by atoms with van der Waals surface area (Å²) in [5, 5.41) is 11.8. The number of benzene rings is 1. The summed E-state index contributed by atoms with van der Waals surface area (Å²) in [6.45, 7) is 11.3. The van der Waals surface area contributed by atoms with Crippen molar-refractivity contribution in [2.75, 3.05) is 31.5 Å². The standard InChI is InChI=1S/C21H35N5O3/c1-6-16-10-8-11-17(14-16)26-18(27)15-25-19(22-7-2)23-12-9-13-24-20(28)29-21(3,4)5/h8,10-11,14H,6-7,9,12-13,15H2,1-5H3,(H,24,28)(H,26,27)(H2,22,23,25). The Kier molecular flexibility index (Phi) is 10.6. The summed E-state index contributed by atoms with van der Waals surface area (Å²) in [5.41, 5.74) is 1.43. The lowest BCUT2D eigenvalue weighted by molar-refractivity contribution is -0.114. The molecule has 0 aliphatic heterocycles. The van der Waals surface area contributed by atoms with Gasteiger partial charge in [-0.2, -0.15) is 0 Å². The smallest absolute Gasteiger partial charge is 0.407 e. The summed E-state index contributed by atoms with van der Waals surface area (Å²) in [7, 11) is 0. The Morgan fingerprint density at radius 1 is 1.07 bits per heavy atom. The quantitative estimate of drug-likeness (QED) is 0.287. The average Bonchev–Trinajstić information content (AvgIpc) is 2.64. The van der Waals surface area contributed by atoms with Gasteiger partial charge < -0.3 is 26.0 Å². The number of amides is 2. The van der Waals surface area contributed by atoms with Crippen molar-refractivity contribution in [3.63, 3.8) is 0 Å². The number of aliphatic imine (C=N–C) groups is 1. The molecular weight excluding hydrogens is 370 g/mol. The van der Waals surface area contributed by atoms with Crippen LogP contribution in [0.3, 0.4) is 0 Å². The van der Waals surface area contributed by atoms with Crippen LogP contribution >= 0.6 is 0 Å². The van der Waals surface area contributed by atoms with Crippen LogP contribution in [-0.4, -0.2) is 49.7 Å². The number of nitrogens with zero attached hydrogens (tertiary/aromatic N) is 1. The molecule has 2 amide bonds. The third-order valence-electron chi connectivity index (χ3n) is 3.66.